The van der Waals surface area contributed by atoms with E-state index < -0.39 is 0 Å². The number of rotatable bonds is 3. The largest absolute Gasteiger partial charge is 0.329 e. The van der Waals surface area contributed by atoms with Gasteiger partial charge < -0.3 is 0 Å². The van der Waals surface area contributed by atoms with E-state index in [0.29, 0.717) is 5.25 Å². The minimum Gasteiger partial charge on any atom is -0.292 e. The zero-order chi connectivity index (χ0) is 11.1. The molecule has 3 nitrogen and oxygen atoms in total. The molecule has 84 valence electrons. The van der Waals surface area contributed by atoms with Crippen LogP contribution in [-0.4, -0.2) is 20.1 Å². The van der Waals surface area contributed by atoms with E-state index >= 15 is 0 Å². The Morgan fingerprint density at radius 1 is 1.31 bits per heavy atom. The SMILES string of the molecule is CCn1c(=O)n(CC2CS2)c2ccccc21. The first-order valence-corrected chi connectivity index (χ1v) is 6.66. The number of nitrogens with zero attached hydrogens (tertiary/aromatic N) is 2. The fourth-order valence-corrected chi connectivity index (χ4v) is 2.63. The van der Waals surface area contributed by atoms with Crippen molar-refractivity contribution in [2.45, 2.75) is 25.3 Å². The minimum absolute atomic E-state index is 0.135. The van der Waals surface area contributed by atoms with Crippen LogP contribution < -0.4 is 5.69 Å². The van der Waals surface area contributed by atoms with Crippen molar-refractivity contribution in [3.8, 4) is 0 Å². The minimum atomic E-state index is 0.135. The van der Waals surface area contributed by atoms with Crippen LogP contribution in [0.4, 0.5) is 0 Å². The second kappa shape index (κ2) is 3.70. The zero-order valence-corrected chi connectivity index (χ0v) is 10.0. The molecule has 0 saturated carbocycles. The number of aromatic nitrogens is 2. The van der Waals surface area contributed by atoms with Gasteiger partial charge in [0.1, 0.15) is 0 Å². The predicted octanol–water partition coefficient (Wildman–Crippen LogP) is 1.94. The highest BCUT2D eigenvalue weighted by Gasteiger charge is 2.25. The molecule has 4 heteroatoms. The second-order valence-corrected chi connectivity index (χ2v) is 5.41. The van der Waals surface area contributed by atoms with Gasteiger partial charge >= 0.3 is 5.69 Å². The first kappa shape index (κ1) is 10.0. The molecule has 2 aromatic rings. The highest BCUT2D eigenvalue weighted by atomic mass is 32.2. The van der Waals surface area contributed by atoms with Gasteiger partial charge in [0.2, 0.25) is 0 Å². The normalized spacial score (nSPS) is 19.2. The molecule has 1 aliphatic rings. The topological polar surface area (TPSA) is 26.9 Å². The van der Waals surface area contributed by atoms with Gasteiger partial charge in [-0.3, -0.25) is 9.13 Å². The lowest BCUT2D eigenvalue weighted by molar-refractivity contribution is 0.654. The highest BCUT2D eigenvalue weighted by molar-refractivity contribution is 8.06. The molecule has 1 unspecified atom stereocenters. The number of benzene rings is 1. The average Bonchev–Trinajstić information content (AvgIpc) is 3.07. The third-order valence-electron chi connectivity index (χ3n) is 3.03. The number of imidazole rings is 1. The van der Waals surface area contributed by atoms with Crippen molar-refractivity contribution in [1.82, 2.24) is 9.13 Å². The first-order chi connectivity index (χ1) is 7.81. The summed E-state index contributed by atoms with van der Waals surface area (Å²) in [7, 11) is 0. The van der Waals surface area contributed by atoms with Gasteiger partial charge in [0.15, 0.2) is 0 Å². The number of para-hydroxylation sites is 2. The number of fused-ring (bicyclic) bond motifs is 1. The summed E-state index contributed by atoms with van der Waals surface area (Å²) in [5.41, 5.74) is 2.26. The third kappa shape index (κ3) is 1.48. The summed E-state index contributed by atoms with van der Waals surface area (Å²) in [5, 5.41) is 0.647. The first-order valence-electron chi connectivity index (χ1n) is 5.61. The van der Waals surface area contributed by atoms with E-state index in [2.05, 4.69) is 0 Å². The van der Waals surface area contributed by atoms with Crippen molar-refractivity contribution >= 4 is 22.8 Å². The predicted molar refractivity (Wildman–Crippen MR) is 68.1 cm³/mol. The summed E-state index contributed by atoms with van der Waals surface area (Å²) in [6, 6.07) is 8.05. The standard InChI is InChI=1S/C12H14N2OS/c1-2-13-10-5-3-4-6-11(10)14(12(13)15)7-9-8-16-9/h3-6,9H,2,7-8H2,1H3. The van der Waals surface area contributed by atoms with Gasteiger partial charge in [-0.1, -0.05) is 12.1 Å². The van der Waals surface area contributed by atoms with Crippen LogP contribution in [0.2, 0.25) is 0 Å². The quantitative estimate of drug-likeness (QED) is 0.759. The molecule has 1 aromatic carbocycles. The molecule has 0 radical (unpaired) electrons. The van der Waals surface area contributed by atoms with Crippen molar-refractivity contribution in [1.29, 1.82) is 0 Å². The van der Waals surface area contributed by atoms with Gasteiger partial charge in [0.25, 0.3) is 0 Å². The number of hydrogen-bond donors (Lipinski definition) is 0. The molecule has 1 aromatic heterocycles. The van der Waals surface area contributed by atoms with Gasteiger partial charge in [-0.15, -0.1) is 0 Å². The summed E-state index contributed by atoms with van der Waals surface area (Å²) in [6.45, 7) is 3.62. The second-order valence-electron chi connectivity index (χ2n) is 4.08. The Morgan fingerprint density at radius 2 is 1.94 bits per heavy atom. The highest BCUT2D eigenvalue weighted by Crippen LogP contribution is 2.31. The van der Waals surface area contributed by atoms with E-state index in [1.54, 1.807) is 0 Å². The van der Waals surface area contributed by atoms with Crippen molar-refractivity contribution in [2.24, 2.45) is 0 Å². The molecule has 2 heterocycles. The van der Waals surface area contributed by atoms with Crippen LogP contribution in [0.1, 0.15) is 6.92 Å². The van der Waals surface area contributed by atoms with Crippen molar-refractivity contribution in [3.05, 3.63) is 34.7 Å². The summed E-state index contributed by atoms with van der Waals surface area (Å²) in [5.74, 6) is 1.19. The average molecular weight is 234 g/mol. The van der Waals surface area contributed by atoms with Crippen molar-refractivity contribution in [2.75, 3.05) is 5.75 Å². The molecule has 1 saturated heterocycles. The molecular weight excluding hydrogens is 220 g/mol. The number of aryl methyl sites for hydroxylation is 1. The Balaban J connectivity index is 2.24. The Labute approximate surface area is 98.1 Å². The fraction of sp³-hybridized carbons (Fsp3) is 0.417. The van der Waals surface area contributed by atoms with Crippen LogP contribution in [0, 0.1) is 0 Å². The van der Waals surface area contributed by atoms with Crippen molar-refractivity contribution < 1.29 is 0 Å². The van der Waals surface area contributed by atoms with Crippen LogP contribution >= 0.6 is 11.8 Å². The Morgan fingerprint density at radius 3 is 2.50 bits per heavy atom. The van der Waals surface area contributed by atoms with Crippen LogP contribution in [0.25, 0.3) is 11.0 Å². The molecular formula is C12H14N2OS. The smallest absolute Gasteiger partial charge is 0.292 e. The number of thioether (sulfide) groups is 1. The molecule has 0 N–H and O–H groups in total. The Hall–Kier alpha value is -1.16. The lowest BCUT2D eigenvalue weighted by Crippen LogP contribution is -2.25. The maximum atomic E-state index is 12.2. The van der Waals surface area contributed by atoms with Crippen molar-refractivity contribution in [3.63, 3.8) is 0 Å². The summed E-state index contributed by atoms with van der Waals surface area (Å²) >= 11 is 1.93. The number of hydrogen-bond acceptors (Lipinski definition) is 2. The molecule has 0 bridgehead atoms. The molecule has 1 atom stereocenters. The van der Waals surface area contributed by atoms with Gasteiger partial charge in [0.05, 0.1) is 11.0 Å². The van der Waals surface area contributed by atoms with Crippen LogP contribution in [0.5, 0.6) is 0 Å². The maximum Gasteiger partial charge on any atom is 0.329 e. The van der Waals surface area contributed by atoms with Gasteiger partial charge in [-0.05, 0) is 19.1 Å². The van der Waals surface area contributed by atoms with E-state index in [1.165, 1.54) is 5.75 Å². The van der Waals surface area contributed by atoms with Gasteiger partial charge in [-0.2, -0.15) is 11.8 Å². The monoisotopic (exact) mass is 234 g/mol. The molecule has 1 aliphatic heterocycles. The summed E-state index contributed by atoms with van der Waals surface area (Å²) in [6.07, 6.45) is 0. The molecule has 0 spiro atoms. The van der Waals surface area contributed by atoms with E-state index in [9.17, 15) is 4.79 Å². The molecule has 0 aliphatic carbocycles. The fourth-order valence-electron chi connectivity index (χ4n) is 2.13. The van der Waals surface area contributed by atoms with Gasteiger partial charge in [-0.25, -0.2) is 4.79 Å². The molecule has 16 heavy (non-hydrogen) atoms. The summed E-state index contributed by atoms with van der Waals surface area (Å²) in [4.78, 5) is 12.2. The van der Waals surface area contributed by atoms with Crippen LogP contribution in [0.15, 0.2) is 29.1 Å². The zero-order valence-electron chi connectivity index (χ0n) is 9.22. The summed E-state index contributed by atoms with van der Waals surface area (Å²) < 4.78 is 3.77. The van der Waals surface area contributed by atoms with E-state index in [4.69, 9.17) is 0 Å². The molecule has 1 fully saturated rings. The Kier molecular flexibility index (Phi) is 2.32. The Bertz CT molecular complexity index is 580. The van der Waals surface area contributed by atoms with E-state index in [0.717, 1.165) is 24.1 Å². The molecule has 0 amide bonds. The van der Waals surface area contributed by atoms with E-state index in [-0.39, 0.29) is 5.69 Å². The van der Waals surface area contributed by atoms with E-state index in [1.807, 2.05) is 52.1 Å². The van der Waals surface area contributed by atoms with Crippen LogP contribution in [0.3, 0.4) is 0 Å². The maximum absolute atomic E-state index is 12.2. The van der Waals surface area contributed by atoms with Crippen LogP contribution in [-0.2, 0) is 13.1 Å². The van der Waals surface area contributed by atoms with Gasteiger partial charge in [0, 0.05) is 24.1 Å². The lowest BCUT2D eigenvalue weighted by atomic mass is 10.3. The third-order valence-corrected chi connectivity index (χ3v) is 3.98. The molecule has 3 rings (SSSR count). The lowest BCUT2D eigenvalue weighted by Gasteiger charge is -1.99.